The van der Waals surface area contributed by atoms with E-state index in [9.17, 15) is 0 Å². The molecular weight excluding hydrogens is 544 g/mol. The van der Waals surface area contributed by atoms with Gasteiger partial charge in [0.15, 0.2) is 0 Å². The quantitative estimate of drug-likeness (QED) is 0.193. The lowest BCUT2D eigenvalue weighted by Crippen LogP contribution is -2.03. The van der Waals surface area contributed by atoms with Gasteiger partial charge in [-0.1, -0.05) is 103 Å². The lowest BCUT2D eigenvalue weighted by Gasteiger charge is -2.19. The molecule has 2 heteroatoms. The van der Waals surface area contributed by atoms with E-state index in [1.165, 1.54) is 76.9 Å². The SMILES string of the molecule is C1=Cc2c(n(-c3cccc(-c4cc(-c5cnc6ccccc6c5)c5ccc6cccc7ccc4c5c76)c3)c3ccccc23)CC1. The van der Waals surface area contributed by atoms with Crippen molar-refractivity contribution < 1.29 is 0 Å². The average molecular weight is 573 g/mol. The van der Waals surface area contributed by atoms with Gasteiger partial charge in [0.25, 0.3) is 0 Å². The van der Waals surface area contributed by atoms with Gasteiger partial charge in [0, 0.05) is 39.5 Å². The van der Waals surface area contributed by atoms with Gasteiger partial charge in [-0.3, -0.25) is 4.98 Å². The van der Waals surface area contributed by atoms with Crippen molar-refractivity contribution in [1.82, 2.24) is 9.55 Å². The third-order valence-electron chi connectivity index (χ3n) is 9.81. The van der Waals surface area contributed by atoms with Crippen molar-refractivity contribution in [2.75, 3.05) is 0 Å². The molecule has 9 aromatic rings. The number of pyridine rings is 1. The molecule has 0 unspecified atom stereocenters. The molecule has 7 aromatic carbocycles. The molecule has 0 bridgehead atoms. The molecule has 0 N–H and O–H groups in total. The summed E-state index contributed by atoms with van der Waals surface area (Å²) in [5.41, 5.74) is 11.1. The van der Waals surface area contributed by atoms with Crippen LogP contribution in [-0.4, -0.2) is 9.55 Å². The van der Waals surface area contributed by atoms with Gasteiger partial charge in [-0.05, 0) is 98.2 Å². The molecule has 0 aliphatic heterocycles. The fourth-order valence-electron chi connectivity index (χ4n) is 7.81. The smallest absolute Gasteiger partial charge is 0.0702 e. The van der Waals surface area contributed by atoms with Gasteiger partial charge in [-0.25, -0.2) is 0 Å². The maximum Gasteiger partial charge on any atom is 0.0702 e. The van der Waals surface area contributed by atoms with Gasteiger partial charge < -0.3 is 4.57 Å². The first kappa shape index (κ1) is 24.7. The predicted octanol–water partition coefficient (Wildman–Crippen LogP) is 11.4. The van der Waals surface area contributed by atoms with Crippen LogP contribution in [0.2, 0.25) is 0 Å². The second-order valence-electron chi connectivity index (χ2n) is 12.3. The van der Waals surface area contributed by atoms with Crippen LogP contribution in [0, 0.1) is 0 Å². The van der Waals surface area contributed by atoms with Crippen molar-refractivity contribution >= 4 is 60.2 Å². The van der Waals surface area contributed by atoms with Gasteiger partial charge >= 0.3 is 0 Å². The normalized spacial score (nSPS) is 13.1. The highest BCUT2D eigenvalue weighted by Crippen LogP contribution is 2.45. The zero-order valence-corrected chi connectivity index (χ0v) is 24.7. The Morgan fingerprint density at radius 2 is 1.31 bits per heavy atom. The highest BCUT2D eigenvalue weighted by molar-refractivity contribution is 6.28. The highest BCUT2D eigenvalue weighted by atomic mass is 15.0. The molecule has 1 aliphatic carbocycles. The Bertz CT molecular complexity index is 2640. The van der Waals surface area contributed by atoms with Crippen LogP contribution in [-0.2, 0) is 6.42 Å². The third-order valence-corrected chi connectivity index (χ3v) is 9.81. The van der Waals surface area contributed by atoms with E-state index < -0.39 is 0 Å². The largest absolute Gasteiger partial charge is 0.313 e. The summed E-state index contributed by atoms with van der Waals surface area (Å²) in [6.45, 7) is 0. The van der Waals surface area contributed by atoms with E-state index in [1.54, 1.807) is 0 Å². The maximum absolute atomic E-state index is 4.88. The minimum atomic E-state index is 1.02. The number of nitrogens with zero attached hydrogens (tertiary/aromatic N) is 2. The molecule has 0 fully saturated rings. The van der Waals surface area contributed by atoms with Crippen LogP contribution in [0.4, 0.5) is 0 Å². The molecule has 2 heterocycles. The second kappa shape index (κ2) is 9.38. The van der Waals surface area contributed by atoms with Crippen molar-refractivity contribution in [3.63, 3.8) is 0 Å². The number of hydrogen-bond acceptors (Lipinski definition) is 1. The number of fused-ring (bicyclic) bond motifs is 4. The van der Waals surface area contributed by atoms with Crippen molar-refractivity contribution in [1.29, 1.82) is 0 Å². The molecule has 0 spiro atoms. The summed E-state index contributed by atoms with van der Waals surface area (Å²) >= 11 is 0. The highest BCUT2D eigenvalue weighted by Gasteiger charge is 2.20. The monoisotopic (exact) mass is 572 g/mol. The van der Waals surface area contributed by atoms with E-state index in [0.29, 0.717) is 0 Å². The molecule has 10 rings (SSSR count). The first-order valence-electron chi connectivity index (χ1n) is 15.8. The van der Waals surface area contributed by atoms with Gasteiger partial charge in [-0.2, -0.15) is 0 Å². The molecular formula is C43H28N2. The van der Waals surface area contributed by atoms with Gasteiger partial charge in [0.2, 0.25) is 0 Å². The molecule has 0 saturated carbocycles. The Balaban J connectivity index is 1.28. The van der Waals surface area contributed by atoms with Crippen molar-refractivity contribution in [2.45, 2.75) is 12.8 Å². The van der Waals surface area contributed by atoms with Gasteiger partial charge in [0.1, 0.15) is 0 Å². The van der Waals surface area contributed by atoms with Gasteiger partial charge in [-0.15, -0.1) is 0 Å². The Morgan fingerprint density at radius 3 is 2.20 bits per heavy atom. The Labute approximate surface area is 260 Å². The standard InChI is InChI=1S/C43H28N2/c1-4-16-39-30(9-1)23-31(26-44-39)38-25-37(35-21-19-27-10-7-11-28-20-22-36(38)43(35)42(27)28)29-12-8-13-32(24-29)45-40-17-5-2-14-33(40)34-15-3-6-18-41(34)45/h1-5,7-17,19-26H,6,18H2. The van der Waals surface area contributed by atoms with Crippen molar-refractivity contribution in [2.24, 2.45) is 0 Å². The van der Waals surface area contributed by atoms with E-state index in [2.05, 4.69) is 144 Å². The van der Waals surface area contributed by atoms with Crippen LogP contribution in [0.15, 0.2) is 140 Å². The summed E-state index contributed by atoms with van der Waals surface area (Å²) in [4.78, 5) is 4.88. The minimum Gasteiger partial charge on any atom is -0.313 e. The first-order valence-corrected chi connectivity index (χ1v) is 15.8. The number of para-hydroxylation sites is 2. The maximum atomic E-state index is 4.88. The molecule has 2 nitrogen and oxygen atoms in total. The van der Waals surface area contributed by atoms with E-state index in [-0.39, 0.29) is 0 Å². The molecule has 45 heavy (non-hydrogen) atoms. The summed E-state index contributed by atoms with van der Waals surface area (Å²) in [5, 5.41) is 10.2. The van der Waals surface area contributed by atoms with E-state index in [1.807, 2.05) is 6.20 Å². The predicted molar refractivity (Wildman–Crippen MR) is 191 cm³/mol. The van der Waals surface area contributed by atoms with Crippen LogP contribution in [0.25, 0.3) is 88.1 Å². The van der Waals surface area contributed by atoms with Crippen LogP contribution >= 0.6 is 0 Å². The van der Waals surface area contributed by atoms with E-state index in [4.69, 9.17) is 4.98 Å². The Morgan fingerprint density at radius 1 is 0.556 bits per heavy atom. The Hall–Kier alpha value is -5.73. The van der Waals surface area contributed by atoms with Crippen LogP contribution in [0.5, 0.6) is 0 Å². The zero-order chi connectivity index (χ0) is 29.5. The summed E-state index contributed by atoms with van der Waals surface area (Å²) in [6, 6.07) is 46.9. The number of allylic oxidation sites excluding steroid dienone is 1. The minimum absolute atomic E-state index is 1.02. The summed E-state index contributed by atoms with van der Waals surface area (Å²) < 4.78 is 2.49. The molecule has 0 amide bonds. The fraction of sp³-hybridized carbons (Fsp3) is 0.0465. The van der Waals surface area contributed by atoms with Gasteiger partial charge in [0.05, 0.1) is 11.0 Å². The molecule has 0 radical (unpaired) electrons. The summed E-state index contributed by atoms with van der Waals surface area (Å²) in [5.74, 6) is 0. The number of rotatable bonds is 3. The first-order chi connectivity index (χ1) is 22.3. The van der Waals surface area contributed by atoms with Crippen molar-refractivity contribution in [3.8, 4) is 27.9 Å². The molecule has 1 aliphatic rings. The Kier molecular flexibility index (Phi) is 5.15. The fourth-order valence-corrected chi connectivity index (χ4v) is 7.81. The van der Waals surface area contributed by atoms with Crippen LogP contribution in [0.3, 0.4) is 0 Å². The topological polar surface area (TPSA) is 17.8 Å². The zero-order valence-electron chi connectivity index (χ0n) is 24.7. The molecule has 210 valence electrons. The lowest BCUT2D eigenvalue weighted by atomic mass is 9.85. The summed E-state index contributed by atoms with van der Waals surface area (Å²) in [6.07, 6.45) is 8.78. The summed E-state index contributed by atoms with van der Waals surface area (Å²) in [7, 11) is 0. The van der Waals surface area contributed by atoms with Crippen molar-refractivity contribution in [3.05, 3.63) is 151 Å². The van der Waals surface area contributed by atoms with Crippen LogP contribution in [0.1, 0.15) is 17.7 Å². The third kappa shape index (κ3) is 3.60. The second-order valence-corrected chi connectivity index (χ2v) is 12.3. The van der Waals surface area contributed by atoms with Crippen LogP contribution < -0.4 is 0 Å². The molecule has 0 atom stereocenters. The van der Waals surface area contributed by atoms with E-state index >= 15 is 0 Å². The number of aromatic nitrogens is 2. The molecule has 0 saturated heterocycles. The lowest BCUT2D eigenvalue weighted by molar-refractivity contribution is 0.889. The average Bonchev–Trinajstić information content (AvgIpc) is 3.45. The number of benzene rings is 7. The number of hydrogen-bond donors (Lipinski definition) is 0. The van der Waals surface area contributed by atoms with E-state index in [0.717, 1.165) is 29.3 Å². The molecule has 2 aromatic heterocycles.